The van der Waals surface area contributed by atoms with Gasteiger partial charge in [-0.05, 0) is 45.2 Å². The molecule has 4 atom stereocenters. The van der Waals surface area contributed by atoms with Crippen molar-refractivity contribution in [1.29, 1.82) is 0 Å². The predicted molar refractivity (Wildman–Crippen MR) is 123 cm³/mol. The van der Waals surface area contributed by atoms with E-state index in [2.05, 4.69) is 31.2 Å². The van der Waals surface area contributed by atoms with Crippen LogP contribution in [0.5, 0.6) is 0 Å². The standard InChI is InChI=1S/C21H34N8O6/c22-6-2-1-4-14(19(32)29-16(21(34)35)9-17(23)30)27-20(33)15(8-12-10-24-11-26-12)28-18(31)13-5-3-7-25-13/h10-11,13-16,25H,1-9,22H2,(H2,23,30)(H,24,26)(H,27,33)(H,28,31)(H,29,32)(H,34,35). The van der Waals surface area contributed by atoms with Crippen molar-refractivity contribution >= 4 is 29.6 Å². The Morgan fingerprint density at radius 3 is 2.37 bits per heavy atom. The fourth-order valence-corrected chi connectivity index (χ4v) is 3.71. The molecule has 194 valence electrons. The highest BCUT2D eigenvalue weighted by Crippen LogP contribution is 2.08. The fraction of sp³-hybridized carbons (Fsp3) is 0.619. The summed E-state index contributed by atoms with van der Waals surface area (Å²) in [4.78, 5) is 68.1. The summed E-state index contributed by atoms with van der Waals surface area (Å²) in [6, 6.07) is -4.09. The summed E-state index contributed by atoms with van der Waals surface area (Å²) in [5.41, 5.74) is 11.2. The number of hydrogen-bond acceptors (Lipinski definition) is 8. The first-order valence-corrected chi connectivity index (χ1v) is 11.5. The lowest BCUT2D eigenvalue weighted by Gasteiger charge is -2.25. The summed E-state index contributed by atoms with van der Waals surface area (Å²) >= 11 is 0. The molecule has 1 aromatic heterocycles. The van der Waals surface area contributed by atoms with Crippen LogP contribution in [0.2, 0.25) is 0 Å². The number of primary amides is 1. The van der Waals surface area contributed by atoms with Gasteiger partial charge in [0, 0.05) is 18.3 Å². The van der Waals surface area contributed by atoms with E-state index in [1.54, 1.807) is 0 Å². The van der Waals surface area contributed by atoms with Gasteiger partial charge in [-0.3, -0.25) is 19.2 Å². The van der Waals surface area contributed by atoms with E-state index in [9.17, 15) is 29.1 Å². The van der Waals surface area contributed by atoms with E-state index < -0.39 is 54.3 Å². The van der Waals surface area contributed by atoms with E-state index >= 15 is 0 Å². The van der Waals surface area contributed by atoms with Crippen molar-refractivity contribution in [2.24, 2.45) is 11.5 Å². The van der Waals surface area contributed by atoms with Gasteiger partial charge in [-0.1, -0.05) is 0 Å². The number of unbranched alkanes of at least 4 members (excludes halogenated alkanes) is 1. The summed E-state index contributed by atoms with van der Waals surface area (Å²) < 4.78 is 0. The number of imidazole rings is 1. The molecule has 2 heterocycles. The second kappa shape index (κ2) is 14.0. The molecule has 4 unspecified atom stereocenters. The number of aromatic nitrogens is 2. The van der Waals surface area contributed by atoms with E-state index in [0.717, 1.165) is 6.42 Å². The lowest BCUT2D eigenvalue weighted by molar-refractivity contribution is -0.143. The van der Waals surface area contributed by atoms with Gasteiger partial charge >= 0.3 is 5.97 Å². The van der Waals surface area contributed by atoms with Crippen LogP contribution in [0, 0.1) is 0 Å². The fourth-order valence-electron chi connectivity index (χ4n) is 3.71. The number of carboxylic acid groups (broad SMARTS) is 1. The molecule has 10 N–H and O–H groups in total. The first kappa shape index (κ1) is 27.7. The van der Waals surface area contributed by atoms with E-state index in [1.807, 2.05) is 0 Å². The molecule has 1 fully saturated rings. The highest BCUT2D eigenvalue weighted by molar-refractivity contribution is 5.95. The smallest absolute Gasteiger partial charge is 0.326 e. The Kier molecular flexibility index (Phi) is 11.1. The van der Waals surface area contributed by atoms with Crippen molar-refractivity contribution in [2.45, 2.75) is 69.1 Å². The Morgan fingerprint density at radius 2 is 1.80 bits per heavy atom. The van der Waals surface area contributed by atoms with Gasteiger partial charge in [0.25, 0.3) is 0 Å². The van der Waals surface area contributed by atoms with Gasteiger partial charge < -0.3 is 42.8 Å². The number of H-pyrrole nitrogens is 1. The van der Waals surface area contributed by atoms with Crippen molar-refractivity contribution < 1.29 is 29.1 Å². The van der Waals surface area contributed by atoms with Crippen LogP contribution in [0.15, 0.2) is 12.5 Å². The molecule has 0 aromatic carbocycles. The third-order valence-electron chi connectivity index (χ3n) is 5.59. The number of carbonyl (C=O) groups is 5. The van der Waals surface area contributed by atoms with Crippen LogP contribution in [-0.2, 0) is 30.4 Å². The minimum Gasteiger partial charge on any atom is -0.480 e. The van der Waals surface area contributed by atoms with Crippen molar-refractivity contribution in [3.63, 3.8) is 0 Å². The zero-order chi connectivity index (χ0) is 25.8. The average Bonchev–Trinajstić information content (AvgIpc) is 3.51. The minimum atomic E-state index is -1.54. The van der Waals surface area contributed by atoms with E-state index in [4.69, 9.17) is 11.5 Å². The highest BCUT2D eigenvalue weighted by atomic mass is 16.4. The number of rotatable bonds is 15. The number of amides is 4. The SMILES string of the molecule is NCCCCC(NC(=O)C(Cc1cnc[nH]1)NC(=O)C1CCCN1)C(=O)NC(CC(N)=O)C(=O)O. The maximum absolute atomic E-state index is 13.2. The van der Waals surface area contributed by atoms with Crippen LogP contribution in [-0.4, -0.2) is 81.9 Å². The van der Waals surface area contributed by atoms with Crippen LogP contribution in [0.1, 0.15) is 44.2 Å². The van der Waals surface area contributed by atoms with E-state index in [0.29, 0.717) is 38.0 Å². The molecule has 1 aliphatic rings. The Labute approximate surface area is 202 Å². The normalized spacial score (nSPS) is 17.7. The van der Waals surface area contributed by atoms with Gasteiger partial charge in [0.15, 0.2) is 0 Å². The van der Waals surface area contributed by atoms with Gasteiger partial charge in [0.1, 0.15) is 18.1 Å². The Bertz CT molecular complexity index is 871. The molecule has 0 saturated carbocycles. The Morgan fingerprint density at radius 1 is 1.09 bits per heavy atom. The third kappa shape index (κ3) is 9.33. The molecule has 35 heavy (non-hydrogen) atoms. The lowest BCUT2D eigenvalue weighted by Crippen LogP contribution is -2.57. The largest absolute Gasteiger partial charge is 0.480 e. The van der Waals surface area contributed by atoms with Crippen molar-refractivity contribution in [3.05, 3.63) is 18.2 Å². The first-order valence-electron chi connectivity index (χ1n) is 11.5. The van der Waals surface area contributed by atoms with Crippen LogP contribution in [0.4, 0.5) is 0 Å². The monoisotopic (exact) mass is 494 g/mol. The molecule has 1 saturated heterocycles. The molecule has 0 aliphatic carbocycles. The first-order chi connectivity index (χ1) is 16.7. The predicted octanol–water partition coefficient (Wildman–Crippen LogP) is -2.75. The maximum atomic E-state index is 13.2. The van der Waals surface area contributed by atoms with Crippen LogP contribution >= 0.6 is 0 Å². The van der Waals surface area contributed by atoms with Gasteiger partial charge in [0.2, 0.25) is 23.6 Å². The highest BCUT2D eigenvalue weighted by Gasteiger charge is 2.32. The number of hydrogen-bond donors (Lipinski definition) is 8. The van der Waals surface area contributed by atoms with Crippen molar-refractivity contribution in [2.75, 3.05) is 13.1 Å². The van der Waals surface area contributed by atoms with Crippen molar-refractivity contribution in [1.82, 2.24) is 31.2 Å². The number of nitrogens with two attached hydrogens (primary N) is 2. The van der Waals surface area contributed by atoms with Crippen LogP contribution in [0.25, 0.3) is 0 Å². The van der Waals surface area contributed by atoms with Crippen molar-refractivity contribution in [3.8, 4) is 0 Å². The zero-order valence-electron chi connectivity index (χ0n) is 19.4. The average molecular weight is 495 g/mol. The van der Waals surface area contributed by atoms with Gasteiger partial charge in [-0.2, -0.15) is 0 Å². The number of nitrogens with zero attached hydrogens (tertiary/aromatic N) is 1. The molecular formula is C21H34N8O6. The summed E-state index contributed by atoms with van der Waals surface area (Å²) in [5.74, 6) is -4.07. The summed E-state index contributed by atoms with van der Waals surface area (Å²) in [6.45, 7) is 1.07. The lowest BCUT2D eigenvalue weighted by atomic mass is 10.0. The van der Waals surface area contributed by atoms with Gasteiger partial charge in [0.05, 0.1) is 18.8 Å². The molecule has 2 rings (SSSR count). The Hall–Kier alpha value is -3.52. The topological polar surface area (TPSA) is 234 Å². The number of carboxylic acids is 1. The van der Waals surface area contributed by atoms with E-state index in [1.165, 1.54) is 12.5 Å². The number of carbonyl (C=O) groups excluding carboxylic acids is 4. The Balaban J connectivity index is 2.14. The maximum Gasteiger partial charge on any atom is 0.326 e. The second-order valence-corrected chi connectivity index (χ2v) is 8.41. The zero-order valence-corrected chi connectivity index (χ0v) is 19.4. The molecular weight excluding hydrogens is 460 g/mol. The second-order valence-electron chi connectivity index (χ2n) is 8.41. The van der Waals surface area contributed by atoms with Crippen LogP contribution in [0.3, 0.4) is 0 Å². The molecule has 14 nitrogen and oxygen atoms in total. The summed E-state index contributed by atoms with van der Waals surface area (Å²) in [5, 5.41) is 20.0. The molecule has 0 spiro atoms. The minimum absolute atomic E-state index is 0.0981. The van der Waals surface area contributed by atoms with E-state index in [-0.39, 0.29) is 18.7 Å². The quantitative estimate of drug-likeness (QED) is 0.118. The molecule has 1 aliphatic heterocycles. The molecule has 14 heteroatoms. The number of aromatic amines is 1. The van der Waals surface area contributed by atoms with Gasteiger partial charge in [-0.15, -0.1) is 0 Å². The molecule has 4 amide bonds. The molecule has 0 bridgehead atoms. The molecule has 0 radical (unpaired) electrons. The summed E-state index contributed by atoms with van der Waals surface area (Å²) in [6.07, 6.45) is 5.17. The third-order valence-corrected chi connectivity index (χ3v) is 5.59. The van der Waals surface area contributed by atoms with Crippen LogP contribution < -0.4 is 32.7 Å². The number of aliphatic carboxylic acids is 1. The molecule has 1 aromatic rings. The number of nitrogens with one attached hydrogen (secondary N) is 5. The summed E-state index contributed by atoms with van der Waals surface area (Å²) in [7, 11) is 0. The van der Waals surface area contributed by atoms with Gasteiger partial charge in [-0.25, -0.2) is 9.78 Å².